The van der Waals surface area contributed by atoms with Gasteiger partial charge in [-0.05, 0) is 11.6 Å². The van der Waals surface area contributed by atoms with Crippen LogP contribution in [0, 0.1) is 0 Å². The van der Waals surface area contributed by atoms with Gasteiger partial charge >= 0.3 is 6.18 Å². The zero-order valence-electron chi connectivity index (χ0n) is 9.37. The lowest BCUT2D eigenvalue weighted by atomic mass is 10.1. The first-order valence-electron chi connectivity index (χ1n) is 5.29. The largest absolute Gasteiger partial charge is 0.416 e. The summed E-state index contributed by atoms with van der Waals surface area (Å²) in [6.45, 7) is 0.242. The van der Waals surface area contributed by atoms with E-state index in [1.807, 2.05) is 0 Å². The van der Waals surface area contributed by atoms with Crippen LogP contribution in [0.15, 0.2) is 34.9 Å². The van der Waals surface area contributed by atoms with Gasteiger partial charge in [0, 0.05) is 19.0 Å². The molecule has 2 aromatic rings. The molecule has 0 bridgehead atoms. The lowest BCUT2D eigenvalue weighted by Gasteiger charge is -2.07. The molecule has 0 unspecified atom stereocenters. The monoisotopic (exact) mass is 256 g/mol. The third-order valence-corrected chi connectivity index (χ3v) is 2.45. The molecule has 0 amide bonds. The Bertz CT molecular complexity index is 534. The van der Waals surface area contributed by atoms with Crippen LogP contribution in [0.4, 0.5) is 13.2 Å². The van der Waals surface area contributed by atoms with Crippen molar-refractivity contribution in [3.63, 3.8) is 0 Å². The number of rotatable bonds is 3. The second-order valence-corrected chi connectivity index (χ2v) is 3.86. The normalized spacial score (nSPS) is 11.8. The fraction of sp³-hybridized carbons (Fsp3) is 0.250. The first-order valence-corrected chi connectivity index (χ1v) is 5.29. The number of alkyl halides is 3. The summed E-state index contributed by atoms with van der Waals surface area (Å²) >= 11 is 0. The molecule has 1 aromatic heterocycles. The second kappa shape index (κ2) is 4.81. The Morgan fingerprint density at radius 3 is 2.61 bits per heavy atom. The average Bonchev–Trinajstić information content (AvgIpc) is 2.76. The van der Waals surface area contributed by atoms with Crippen LogP contribution in [0.2, 0.25) is 0 Å². The Kier molecular flexibility index (Phi) is 3.38. The van der Waals surface area contributed by atoms with Crippen molar-refractivity contribution in [2.45, 2.75) is 19.1 Å². The summed E-state index contributed by atoms with van der Waals surface area (Å²) in [7, 11) is 0. The van der Waals surface area contributed by atoms with Gasteiger partial charge < -0.3 is 10.3 Å². The molecular formula is C12H11F3N2O. The van der Waals surface area contributed by atoms with Gasteiger partial charge in [-0.15, -0.1) is 0 Å². The lowest BCUT2D eigenvalue weighted by Crippen LogP contribution is -2.05. The van der Waals surface area contributed by atoms with Crippen molar-refractivity contribution in [3.8, 4) is 0 Å². The van der Waals surface area contributed by atoms with E-state index in [4.69, 9.17) is 10.3 Å². The highest BCUT2D eigenvalue weighted by molar-refractivity contribution is 5.28. The van der Waals surface area contributed by atoms with Gasteiger partial charge in [-0.25, -0.2) is 0 Å². The van der Waals surface area contributed by atoms with E-state index >= 15 is 0 Å². The van der Waals surface area contributed by atoms with Gasteiger partial charge in [0.25, 0.3) is 0 Å². The smallest absolute Gasteiger partial charge is 0.361 e. The van der Waals surface area contributed by atoms with Crippen molar-refractivity contribution in [1.29, 1.82) is 0 Å². The van der Waals surface area contributed by atoms with E-state index in [1.54, 1.807) is 12.1 Å². The standard InChI is InChI=1S/C12H11F3N2O/c13-12(14,15)9-3-1-2-8(4-9)5-11-6-10(7-16)17-18-11/h1-4,6H,5,7,16H2. The number of hydrogen-bond donors (Lipinski definition) is 1. The minimum atomic E-state index is -4.33. The van der Waals surface area contributed by atoms with Crippen LogP contribution in [0.1, 0.15) is 22.6 Å². The minimum absolute atomic E-state index is 0.242. The molecule has 1 heterocycles. The van der Waals surface area contributed by atoms with E-state index in [-0.39, 0.29) is 13.0 Å². The molecule has 0 saturated carbocycles. The van der Waals surface area contributed by atoms with Gasteiger partial charge in [0.1, 0.15) is 5.76 Å². The average molecular weight is 256 g/mol. The predicted molar refractivity (Wildman–Crippen MR) is 58.6 cm³/mol. The van der Waals surface area contributed by atoms with Crippen molar-refractivity contribution in [2.75, 3.05) is 0 Å². The van der Waals surface area contributed by atoms with Crippen LogP contribution in [0.25, 0.3) is 0 Å². The zero-order chi connectivity index (χ0) is 13.2. The Balaban J connectivity index is 2.19. The topological polar surface area (TPSA) is 52.0 Å². The molecule has 0 aliphatic rings. The first kappa shape index (κ1) is 12.6. The van der Waals surface area contributed by atoms with Gasteiger partial charge in [-0.2, -0.15) is 13.2 Å². The van der Waals surface area contributed by atoms with Crippen LogP contribution in [0.5, 0.6) is 0 Å². The van der Waals surface area contributed by atoms with Crippen LogP contribution < -0.4 is 5.73 Å². The molecule has 0 aliphatic carbocycles. The molecule has 0 radical (unpaired) electrons. The molecule has 0 aliphatic heterocycles. The Morgan fingerprint density at radius 1 is 1.22 bits per heavy atom. The Hall–Kier alpha value is -1.82. The summed E-state index contributed by atoms with van der Waals surface area (Å²) in [5.41, 5.74) is 5.80. The van der Waals surface area contributed by atoms with Crippen molar-refractivity contribution in [2.24, 2.45) is 5.73 Å². The highest BCUT2D eigenvalue weighted by atomic mass is 19.4. The maximum absolute atomic E-state index is 12.5. The van der Waals surface area contributed by atoms with Crippen LogP contribution in [0.3, 0.4) is 0 Å². The van der Waals surface area contributed by atoms with E-state index in [2.05, 4.69) is 5.16 Å². The summed E-state index contributed by atoms with van der Waals surface area (Å²) in [4.78, 5) is 0. The number of benzene rings is 1. The maximum Gasteiger partial charge on any atom is 0.416 e. The van der Waals surface area contributed by atoms with Gasteiger partial charge in [0.15, 0.2) is 0 Å². The van der Waals surface area contributed by atoms with Crippen molar-refractivity contribution in [1.82, 2.24) is 5.16 Å². The molecule has 0 spiro atoms. The molecule has 2 rings (SSSR count). The second-order valence-electron chi connectivity index (χ2n) is 3.86. The van der Waals surface area contributed by atoms with E-state index in [9.17, 15) is 13.2 Å². The molecule has 0 saturated heterocycles. The van der Waals surface area contributed by atoms with Crippen molar-refractivity contribution >= 4 is 0 Å². The molecule has 96 valence electrons. The highest BCUT2D eigenvalue weighted by Gasteiger charge is 2.30. The Labute approximate surface area is 101 Å². The van der Waals surface area contributed by atoms with Gasteiger partial charge in [-0.3, -0.25) is 0 Å². The van der Waals surface area contributed by atoms with Crippen molar-refractivity contribution in [3.05, 3.63) is 52.9 Å². The number of nitrogens with zero attached hydrogens (tertiary/aromatic N) is 1. The molecule has 1 aromatic carbocycles. The van der Waals surface area contributed by atoms with Crippen LogP contribution >= 0.6 is 0 Å². The molecular weight excluding hydrogens is 245 g/mol. The SMILES string of the molecule is NCc1cc(Cc2cccc(C(F)(F)F)c2)on1. The number of halogens is 3. The fourth-order valence-electron chi connectivity index (χ4n) is 1.59. The van der Waals surface area contributed by atoms with Gasteiger partial charge in [-0.1, -0.05) is 23.4 Å². The molecule has 6 heteroatoms. The number of aromatic nitrogens is 1. The van der Waals surface area contributed by atoms with Crippen molar-refractivity contribution < 1.29 is 17.7 Å². The summed E-state index contributed by atoms with van der Waals surface area (Å²) in [5, 5.41) is 3.68. The Morgan fingerprint density at radius 2 is 2.00 bits per heavy atom. The molecule has 18 heavy (non-hydrogen) atoms. The summed E-state index contributed by atoms with van der Waals surface area (Å²) in [6, 6.07) is 6.76. The molecule has 2 N–H and O–H groups in total. The lowest BCUT2D eigenvalue weighted by molar-refractivity contribution is -0.137. The van der Waals surface area contributed by atoms with E-state index < -0.39 is 11.7 Å². The molecule has 3 nitrogen and oxygen atoms in total. The summed E-state index contributed by atoms with van der Waals surface area (Å²) < 4.78 is 42.5. The molecule has 0 atom stereocenters. The van der Waals surface area contributed by atoms with Crippen LogP contribution in [-0.2, 0) is 19.1 Å². The van der Waals surface area contributed by atoms with Gasteiger partial charge in [0.2, 0.25) is 0 Å². The fourth-order valence-corrected chi connectivity index (χ4v) is 1.59. The van der Waals surface area contributed by atoms with Crippen LogP contribution in [-0.4, -0.2) is 5.16 Å². The minimum Gasteiger partial charge on any atom is -0.361 e. The summed E-state index contributed by atoms with van der Waals surface area (Å²) in [6.07, 6.45) is -4.07. The first-order chi connectivity index (χ1) is 8.49. The quantitative estimate of drug-likeness (QED) is 0.918. The third-order valence-electron chi connectivity index (χ3n) is 2.45. The maximum atomic E-state index is 12.5. The number of hydrogen-bond acceptors (Lipinski definition) is 3. The van der Waals surface area contributed by atoms with E-state index in [1.165, 1.54) is 6.07 Å². The zero-order valence-corrected chi connectivity index (χ0v) is 9.37. The summed E-state index contributed by atoms with van der Waals surface area (Å²) in [5.74, 6) is 0.495. The number of nitrogens with two attached hydrogens (primary N) is 1. The highest BCUT2D eigenvalue weighted by Crippen LogP contribution is 2.29. The van der Waals surface area contributed by atoms with E-state index in [0.717, 1.165) is 12.1 Å². The third kappa shape index (κ3) is 2.89. The van der Waals surface area contributed by atoms with Gasteiger partial charge in [0.05, 0.1) is 11.3 Å². The predicted octanol–water partition coefficient (Wildman–Crippen LogP) is 2.74. The van der Waals surface area contributed by atoms with E-state index in [0.29, 0.717) is 17.0 Å². The molecule has 0 fully saturated rings.